The average molecular weight is 548 g/mol. The number of carbonyl (C=O) groups excluding carboxylic acids is 2. The molecule has 0 saturated heterocycles. The maximum Gasteiger partial charge on any atom is 0.416 e. The smallest absolute Gasteiger partial charge is 0.347 e. The minimum absolute atomic E-state index is 0.0922. The van der Waals surface area contributed by atoms with Crippen LogP contribution in [-0.2, 0) is 11.0 Å². The molecule has 2 aromatic carbocycles. The fourth-order valence-corrected chi connectivity index (χ4v) is 4.13. The molecule has 4 aromatic rings. The summed E-state index contributed by atoms with van der Waals surface area (Å²) < 4.78 is 43.2. The molecular weight excluding hydrogens is 523 g/mol. The number of amides is 2. The Bertz CT molecular complexity index is 1690. The molecule has 12 heteroatoms. The van der Waals surface area contributed by atoms with Crippen LogP contribution in [0, 0.1) is 23.7 Å². The number of pyridine rings is 1. The van der Waals surface area contributed by atoms with Crippen LogP contribution < -0.4 is 10.8 Å². The second-order valence-corrected chi connectivity index (χ2v) is 9.07. The van der Waals surface area contributed by atoms with Gasteiger partial charge in [-0.25, -0.2) is 9.48 Å². The lowest BCUT2D eigenvalue weighted by Crippen LogP contribution is -2.42. The van der Waals surface area contributed by atoms with Gasteiger partial charge >= 0.3 is 12.2 Å². The molecule has 0 unspecified atom stereocenters. The van der Waals surface area contributed by atoms with E-state index in [1.807, 2.05) is 6.07 Å². The van der Waals surface area contributed by atoms with E-state index < -0.39 is 17.8 Å². The van der Waals surface area contributed by atoms with E-state index in [1.54, 1.807) is 41.9 Å². The molecular formula is C28H24F3N7O2. The van der Waals surface area contributed by atoms with Gasteiger partial charge in [-0.1, -0.05) is 12.1 Å². The zero-order valence-corrected chi connectivity index (χ0v) is 21.7. The Balaban J connectivity index is 1.94. The number of likely N-dealkylation sites (N-methyl/N-ethyl adjacent to an activating group) is 1. The van der Waals surface area contributed by atoms with Crippen molar-refractivity contribution in [1.82, 2.24) is 24.6 Å². The minimum atomic E-state index is -4.61. The quantitative estimate of drug-likeness (QED) is 0.386. The van der Waals surface area contributed by atoms with Crippen molar-refractivity contribution in [1.29, 1.82) is 10.7 Å². The van der Waals surface area contributed by atoms with Crippen molar-refractivity contribution in [3.63, 3.8) is 0 Å². The van der Waals surface area contributed by atoms with Crippen LogP contribution >= 0.6 is 0 Å². The van der Waals surface area contributed by atoms with Crippen molar-refractivity contribution in [2.24, 2.45) is 0 Å². The summed E-state index contributed by atoms with van der Waals surface area (Å²) in [5.74, 6) is -0.384. The Hall–Kier alpha value is -5.18. The maximum atomic E-state index is 13.5. The maximum absolute atomic E-state index is 13.5. The lowest BCUT2D eigenvalue weighted by Gasteiger charge is -2.19. The molecule has 0 bridgehead atoms. The highest BCUT2D eigenvalue weighted by Crippen LogP contribution is 2.34. The molecule has 0 saturated carbocycles. The van der Waals surface area contributed by atoms with E-state index in [-0.39, 0.29) is 29.1 Å². The van der Waals surface area contributed by atoms with E-state index in [0.717, 1.165) is 16.7 Å². The highest BCUT2D eigenvalue weighted by molar-refractivity contribution is 5.87. The molecule has 2 amide bonds. The molecule has 0 fully saturated rings. The Morgan fingerprint density at radius 1 is 1.12 bits per heavy atom. The minimum Gasteiger partial charge on any atom is -0.347 e. The summed E-state index contributed by atoms with van der Waals surface area (Å²) >= 11 is 0. The highest BCUT2D eigenvalue weighted by atomic mass is 19.4. The molecule has 40 heavy (non-hydrogen) atoms. The summed E-state index contributed by atoms with van der Waals surface area (Å²) in [6.07, 6.45) is -1.70. The van der Waals surface area contributed by atoms with Crippen LogP contribution in [0.2, 0.25) is 0 Å². The lowest BCUT2D eigenvalue weighted by atomic mass is 9.95. The second kappa shape index (κ2) is 10.9. The highest BCUT2D eigenvalue weighted by Gasteiger charge is 2.31. The summed E-state index contributed by atoms with van der Waals surface area (Å²) in [7, 11) is 3.05. The monoisotopic (exact) mass is 547 g/mol. The van der Waals surface area contributed by atoms with Crippen molar-refractivity contribution in [3.8, 4) is 34.1 Å². The molecule has 9 nitrogen and oxygen atoms in total. The second-order valence-electron chi connectivity index (χ2n) is 9.07. The topological polar surface area (TPSA) is 120 Å². The number of nitrogens with one attached hydrogen (secondary N) is 2. The molecule has 4 rings (SSSR count). The van der Waals surface area contributed by atoms with Crippen LogP contribution in [0.4, 0.5) is 18.0 Å². The van der Waals surface area contributed by atoms with Crippen LogP contribution in [0.15, 0.2) is 67.0 Å². The first kappa shape index (κ1) is 27.8. The van der Waals surface area contributed by atoms with E-state index in [1.165, 1.54) is 43.5 Å². The number of benzene rings is 2. The molecule has 2 heterocycles. The van der Waals surface area contributed by atoms with Crippen molar-refractivity contribution in [2.75, 3.05) is 20.6 Å². The Morgan fingerprint density at radius 3 is 2.45 bits per heavy atom. The van der Waals surface area contributed by atoms with Gasteiger partial charge in [0.25, 0.3) is 0 Å². The van der Waals surface area contributed by atoms with Gasteiger partial charge in [-0.15, -0.1) is 0 Å². The molecule has 204 valence electrons. The molecule has 0 aliphatic carbocycles. The third-order valence-corrected chi connectivity index (χ3v) is 6.26. The van der Waals surface area contributed by atoms with E-state index in [0.29, 0.717) is 28.1 Å². The molecule has 2 N–H and O–H groups in total. The fourth-order valence-electron chi connectivity index (χ4n) is 4.13. The van der Waals surface area contributed by atoms with Crippen molar-refractivity contribution in [3.05, 3.63) is 89.2 Å². The molecule has 0 aliphatic heterocycles. The number of hydrogen-bond acceptors (Lipinski definition) is 5. The van der Waals surface area contributed by atoms with Gasteiger partial charge in [-0.2, -0.15) is 23.5 Å². The first-order valence-corrected chi connectivity index (χ1v) is 11.9. The number of aromatic nitrogens is 3. The zero-order chi connectivity index (χ0) is 29.2. The van der Waals surface area contributed by atoms with Gasteiger partial charge in [-0.05, 0) is 60.5 Å². The number of rotatable bonds is 5. The standard InChI is InChI=1S/C28H24F3N7O2/c1-17-22(23-11-12-35-38(23)21-9-7-18(14-32)8-10-21)16-37(27(40)34-15-24(39)36(2)3)26(33)25(17)19-5-4-6-20(13-19)28(29,30)31/h4-13,16,33H,15H2,1-3H3,(H,34,40). The fraction of sp³-hybridized carbons (Fsp3) is 0.179. The van der Waals surface area contributed by atoms with Crippen LogP contribution in [-0.4, -0.2) is 51.8 Å². The van der Waals surface area contributed by atoms with Crippen molar-refractivity contribution < 1.29 is 22.8 Å². The normalized spacial score (nSPS) is 11.1. The Morgan fingerprint density at radius 2 is 1.82 bits per heavy atom. The number of hydrogen-bond donors (Lipinski definition) is 2. The SMILES string of the molecule is Cc1c(-c2ccnn2-c2ccc(C#N)cc2)cn(C(=O)NCC(=O)N(C)C)c(=N)c1-c1cccc(C(F)(F)F)c1. The predicted molar refractivity (Wildman–Crippen MR) is 140 cm³/mol. The number of carbonyl (C=O) groups is 2. The van der Waals surface area contributed by atoms with Gasteiger partial charge in [0.1, 0.15) is 5.49 Å². The predicted octanol–water partition coefficient (Wildman–Crippen LogP) is 4.33. The summed E-state index contributed by atoms with van der Waals surface area (Å²) in [6, 6.07) is 14.0. The van der Waals surface area contributed by atoms with Crippen LogP contribution in [0.5, 0.6) is 0 Å². The van der Waals surface area contributed by atoms with Gasteiger partial charge in [0.2, 0.25) is 5.91 Å². The van der Waals surface area contributed by atoms with Gasteiger partial charge in [0.05, 0.1) is 41.3 Å². The summed E-state index contributed by atoms with van der Waals surface area (Å²) in [4.78, 5) is 26.5. The molecule has 2 aromatic heterocycles. The average Bonchev–Trinajstić information content (AvgIpc) is 3.41. The summed E-state index contributed by atoms with van der Waals surface area (Å²) in [5, 5.41) is 24.8. The van der Waals surface area contributed by atoms with Crippen LogP contribution in [0.25, 0.3) is 28.1 Å². The molecule has 0 radical (unpaired) electrons. The largest absolute Gasteiger partial charge is 0.416 e. The third-order valence-electron chi connectivity index (χ3n) is 6.26. The number of nitriles is 1. The van der Waals surface area contributed by atoms with Crippen molar-refractivity contribution in [2.45, 2.75) is 13.1 Å². The Labute approximate surface area is 227 Å². The van der Waals surface area contributed by atoms with Gasteiger partial charge in [0.15, 0.2) is 0 Å². The summed E-state index contributed by atoms with van der Waals surface area (Å²) in [6.45, 7) is 1.31. The van der Waals surface area contributed by atoms with Crippen LogP contribution in [0.3, 0.4) is 0 Å². The van der Waals surface area contributed by atoms with E-state index >= 15 is 0 Å². The summed E-state index contributed by atoms with van der Waals surface area (Å²) in [5.41, 5.74) is 1.32. The molecule has 0 atom stereocenters. The van der Waals surface area contributed by atoms with Gasteiger partial charge in [-0.3, -0.25) is 14.8 Å². The first-order chi connectivity index (χ1) is 18.9. The van der Waals surface area contributed by atoms with E-state index in [9.17, 15) is 22.8 Å². The van der Waals surface area contributed by atoms with E-state index in [2.05, 4.69) is 10.4 Å². The molecule has 0 aliphatic rings. The number of alkyl halides is 3. The zero-order valence-electron chi connectivity index (χ0n) is 21.7. The number of halogens is 3. The van der Waals surface area contributed by atoms with Crippen molar-refractivity contribution >= 4 is 11.9 Å². The van der Waals surface area contributed by atoms with Crippen LogP contribution in [0.1, 0.15) is 16.7 Å². The van der Waals surface area contributed by atoms with Gasteiger partial charge in [0, 0.05) is 31.4 Å². The van der Waals surface area contributed by atoms with Gasteiger partial charge < -0.3 is 10.2 Å². The van der Waals surface area contributed by atoms with E-state index in [4.69, 9.17) is 10.7 Å². The third kappa shape index (κ3) is 5.49. The Kier molecular flexibility index (Phi) is 7.59. The first-order valence-electron chi connectivity index (χ1n) is 11.9. The molecule has 0 spiro atoms. The number of nitrogens with zero attached hydrogens (tertiary/aromatic N) is 5. The lowest BCUT2D eigenvalue weighted by molar-refractivity contribution is -0.137.